The Morgan fingerprint density at radius 2 is 1.89 bits per heavy atom. The molecule has 0 unspecified atom stereocenters. The van der Waals surface area contributed by atoms with Gasteiger partial charge in [0.2, 0.25) is 0 Å². The van der Waals surface area contributed by atoms with Crippen LogP contribution in [0.3, 0.4) is 0 Å². The van der Waals surface area contributed by atoms with Crippen molar-refractivity contribution in [2.45, 2.75) is 25.7 Å². The predicted molar refractivity (Wildman–Crippen MR) is 106 cm³/mol. The van der Waals surface area contributed by atoms with E-state index in [4.69, 9.17) is 4.74 Å². The SMILES string of the molecule is O=C(c1ccc2c(c1)CCCN2CCCc1ccncc1)N1CCOCC1. The highest BCUT2D eigenvalue weighted by atomic mass is 16.5. The first-order chi connectivity index (χ1) is 13.3. The quantitative estimate of drug-likeness (QED) is 0.817. The van der Waals surface area contributed by atoms with Crippen molar-refractivity contribution in [1.82, 2.24) is 9.88 Å². The van der Waals surface area contributed by atoms with Crippen molar-refractivity contribution in [3.63, 3.8) is 0 Å². The third kappa shape index (κ3) is 4.30. The fourth-order valence-corrected chi connectivity index (χ4v) is 4.01. The first kappa shape index (κ1) is 18.0. The standard InChI is InChI=1S/C22H27N3O2/c26-22(25-13-15-27-16-14-25)20-5-6-21-19(17-20)4-2-12-24(21)11-1-3-18-7-9-23-10-8-18/h5-10,17H,1-4,11-16H2. The Kier molecular flexibility index (Phi) is 5.68. The van der Waals surface area contributed by atoms with Crippen LogP contribution >= 0.6 is 0 Å². The molecule has 5 nitrogen and oxygen atoms in total. The van der Waals surface area contributed by atoms with Crippen LogP contribution in [0, 0.1) is 0 Å². The van der Waals surface area contributed by atoms with Gasteiger partial charge in [-0.3, -0.25) is 9.78 Å². The molecule has 0 aliphatic carbocycles. The summed E-state index contributed by atoms with van der Waals surface area (Å²) in [6, 6.07) is 10.4. The molecule has 1 aromatic carbocycles. The molecule has 4 rings (SSSR count). The van der Waals surface area contributed by atoms with Crippen molar-refractivity contribution in [2.75, 3.05) is 44.3 Å². The van der Waals surface area contributed by atoms with E-state index in [0.717, 1.165) is 44.3 Å². The number of hydrogen-bond donors (Lipinski definition) is 0. The van der Waals surface area contributed by atoms with Gasteiger partial charge in [0, 0.05) is 49.8 Å². The van der Waals surface area contributed by atoms with Crippen molar-refractivity contribution in [2.24, 2.45) is 0 Å². The van der Waals surface area contributed by atoms with Gasteiger partial charge in [0.15, 0.2) is 0 Å². The fourth-order valence-electron chi connectivity index (χ4n) is 4.01. The average molecular weight is 365 g/mol. The summed E-state index contributed by atoms with van der Waals surface area (Å²) in [7, 11) is 0. The van der Waals surface area contributed by atoms with Gasteiger partial charge in [-0.05, 0) is 67.1 Å². The highest BCUT2D eigenvalue weighted by Crippen LogP contribution is 2.29. The number of fused-ring (bicyclic) bond motifs is 1. The number of ether oxygens (including phenoxy) is 1. The predicted octanol–water partition coefficient (Wildman–Crippen LogP) is 2.94. The minimum absolute atomic E-state index is 0.135. The van der Waals surface area contributed by atoms with Crippen LogP contribution in [-0.4, -0.2) is 55.2 Å². The zero-order chi connectivity index (χ0) is 18.5. The minimum Gasteiger partial charge on any atom is -0.378 e. The van der Waals surface area contributed by atoms with E-state index >= 15 is 0 Å². The molecule has 2 aliphatic rings. The van der Waals surface area contributed by atoms with E-state index in [1.807, 2.05) is 23.4 Å². The third-order valence-corrected chi connectivity index (χ3v) is 5.48. The molecule has 142 valence electrons. The largest absolute Gasteiger partial charge is 0.378 e. The monoisotopic (exact) mass is 365 g/mol. The second-order valence-electron chi connectivity index (χ2n) is 7.30. The summed E-state index contributed by atoms with van der Waals surface area (Å²) in [5.41, 5.74) is 4.77. The average Bonchev–Trinajstić information content (AvgIpc) is 2.74. The molecule has 2 aliphatic heterocycles. The van der Waals surface area contributed by atoms with Crippen molar-refractivity contribution in [3.8, 4) is 0 Å². The summed E-state index contributed by atoms with van der Waals surface area (Å²) in [5, 5.41) is 0. The maximum atomic E-state index is 12.7. The Balaban J connectivity index is 1.41. The lowest BCUT2D eigenvalue weighted by atomic mass is 9.98. The molecule has 2 aromatic rings. The molecule has 1 aromatic heterocycles. The second-order valence-corrected chi connectivity index (χ2v) is 7.30. The number of rotatable bonds is 5. The molecule has 0 bridgehead atoms. The Morgan fingerprint density at radius 1 is 1.07 bits per heavy atom. The molecule has 1 saturated heterocycles. The lowest BCUT2D eigenvalue weighted by Gasteiger charge is -2.32. The molecule has 1 amide bonds. The van der Waals surface area contributed by atoms with Crippen molar-refractivity contribution < 1.29 is 9.53 Å². The van der Waals surface area contributed by atoms with Crippen molar-refractivity contribution in [3.05, 3.63) is 59.4 Å². The Labute approximate surface area is 161 Å². The van der Waals surface area contributed by atoms with Gasteiger partial charge in [-0.2, -0.15) is 0 Å². The van der Waals surface area contributed by atoms with E-state index in [1.165, 1.54) is 16.8 Å². The molecule has 0 N–H and O–H groups in total. The summed E-state index contributed by atoms with van der Waals surface area (Å²) in [6.45, 7) is 4.81. The van der Waals surface area contributed by atoms with Crippen LogP contribution in [0.15, 0.2) is 42.7 Å². The number of carbonyl (C=O) groups is 1. The fraction of sp³-hybridized carbons (Fsp3) is 0.455. The number of carbonyl (C=O) groups excluding carboxylic acids is 1. The zero-order valence-electron chi connectivity index (χ0n) is 15.8. The van der Waals surface area contributed by atoms with Crippen LogP contribution < -0.4 is 4.90 Å². The van der Waals surface area contributed by atoms with Crippen LogP contribution in [0.25, 0.3) is 0 Å². The first-order valence-corrected chi connectivity index (χ1v) is 9.95. The Bertz CT molecular complexity index is 772. The molecule has 0 spiro atoms. The van der Waals surface area contributed by atoms with Gasteiger partial charge in [-0.1, -0.05) is 0 Å². The molecule has 1 fully saturated rings. The summed E-state index contributed by atoms with van der Waals surface area (Å²) >= 11 is 0. The van der Waals surface area contributed by atoms with E-state index in [-0.39, 0.29) is 5.91 Å². The zero-order valence-corrected chi connectivity index (χ0v) is 15.8. The van der Waals surface area contributed by atoms with Gasteiger partial charge < -0.3 is 14.5 Å². The Morgan fingerprint density at radius 3 is 2.70 bits per heavy atom. The number of benzene rings is 1. The van der Waals surface area contributed by atoms with Gasteiger partial charge >= 0.3 is 0 Å². The molecular formula is C22H27N3O2. The molecule has 3 heterocycles. The van der Waals surface area contributed by atoms with E-state index in [0.29, 0.717) is 26.3 Å². The van der Waals surface area contributed by atoms with Gasteiger partial charge in [-0.15, -0.1) is 0 Å². The molecule has 27 heavy (non-hydrogen) atoms. The van der Waals surface area contributed by atoms with E-state index in [2.05, 4.69) is 34.1 Å². The Hall–Kier alpha value is -2.40. The lowest BCUT2D eigenvalue weighted by molar-refractivity contribution is 0.0303. The van der Waals surface area contributed by atoms with E-state index < -0.39 is 0 Å². The normalized spacial score (nSPS) is 16.9. The second kappa shape index (κ2) is 8.53. The minimum atomic E-state index is 0.135. The van der Waals surface area contributed by atoms with Gasteiger partial charge in [0.25, 0.3) is 5.91 Å². The van der Waals surface area contributed by atoms with E-state index in [1.54, 1.807) is 0 Å². The number of anilines is 1. The van der Waals surface area contributed by atoms with E-state index in [9.17, 15) is 4.79 Å². The number of nitrogens with zero attached hydrogens (tertiary/aromatic N) is 3. The number of pyridine rings is 1. The van der Waals surface area contributed by atoms with Crippen LogP contribution in [0.4, 0.5) is 5.69 Å². The molecule has 5 heteroatoms. The molecule has 0 atom stereocenters. The lowest BCUT2D eigenvalue weighted by Crippen LogP contribution is -2.40. The molecular weight excluding hydrogens is 338 g/mol. The van der Waals surface area contributed by atoms with Gasteiger partial charge in [0.1, 0.15) is 0 Å². The summed E-state index contributed by atoms with van der Waals surface area (Å²) in [5.74, 6) is 0.135. The molecule has 0 saturated carbocycles. The number of hydrogen-bond acceptors (Lipinski definition) is 4. The van der Waals surface area contributed by atoms with Gasteiger partial charge in [-0.25, -0.2) is 0 Å². The highest BCUT2D eigenvalue weighted by Gasteiger charge is 2.22. The smallest absolute Gasteiger partial charge is 0.254 e. The highest BCUT2D eigenvalue weighted by molar-refractivity contribution is 5.95. The topological polar surface area (TPSA) is 45.7 Å². The number of amides is 1. The molecule has 0 radical (unpaired) electrons. The summed E-state index contributed by atoms with van der Waals surface area (Å²) in [6.07, 6.45) is 8.12. The summed E-state index contributed by atoms with van der Waals surface area (Å²) < 4.78 is 5.36. The van der Waals surface area contributed by atoms with Crippen molar-refractivity contribution >= 4 is 11.6 Å². The number of aromatic nitrogens is 1. The van der Waals surface area contributed by atoms with Crippen LogP contribution in [-0.2, 0) is 17.6 Å². The number of morpholine rings is 1. The van der Waals surface area contributed by atoms with Gasteiger partial charge in [0.05, 0.1) is 13.2 Å². The summed E-state index contributed by atoms with van der Waals surface area (Å²) in [4.78, 5) is 21.2. The maximum Gasteiger partial charge on any atom is 0.254 e. The first-order valence-electron chi connectivity index (χ1n) is 9.95. The van der Waals surface area contributed by atoms with Crippen LogP contribution in [0.1, 0.15) is 34.3 Å². The van der Waals surface area contributed by atoms with Crippen LogP contribution in [0.2, 0.25) is 0 Å². The van der Waals surface area contributed by atoms with Crippen LogP contribution in [0.5, 0.6) is 0 Å². The number of aryl methyl sites for hydroxylation is 2. The third-order valence-electron chi connectivity index (χ3n) is 5.48. The van der Waals surface area contributed by atoms with Crippen molar-refractivity contribution in [1.29, 1.82) is 0 Å². The maximum absolute atomic E-state index is 12.7.